The maximum atomic E-state index is 11.7. The Kier molecular flexibility index (Phi) is 3.72. The minimum absolute atomic E-state index is 0.00370. The van der Waals surface area contributed by atoms with Crippen LogP contribution in [0.25, 0.3) is 0 Å². The van der Waals surface area contributed by atoms with Gasteiger partial charge < -0.3 is 4.74 Å². The Morgan fingerprint density at radius 2 is 2.18 bits per heavy atom. The molecule has 0 N–H and O–H groups in total. The van der Waals surface area contributed by atoms with Crippen molar-refractivity contribution < 1.29 is 13.5 Å². The van der Waals surface area contributed by atoms with Crippen LogP contribution in [0, 0.1) is 0 Å². The molecule has 0 heterocycles. The van der Waals surface area contributed by atoms with Crippen LogP contribution < -0.4 is 0 Å². The van der Waals surface area contributed by atoms with Gasteiger partial charge in [-0.3, -0.25) is 0 Å². The van der Waals surface area contributed by atoms with Crippen molar-refractivity contribution >= 4 is 15.9 Å². The Morgan fingerprint density at radius 3 is 2.64 bits per heavy atom. The molecule has 1 saturated carbocycles. The molecule has 1 aliphatic rings. The SMILES string of the molecule is FC(F)COC1CCCC1Br. The fraction of sp³-hybridized carbons (Fsp3) is 1.00. The molecule has 1 nitrogen and oxygen atoms in total. The van der Waals surface area contributed by atoms with Gasteiger partial charge in [0.05, 0.1) is 6.10 Å². The van der Waals surface area contributed by atoms with Crippen LogP contribution in [0.5, 0.6) is 0 Å². The lowest BCUT2D eigenvalue weighted by molar-refractivity contribution is -0.0185. The van der Waals surface area contributed by atoms with Crippen molar-refractivity contribution in [2.24, 2.45) is 0 Å². The van der Waals surface area contributed by atoms with Crippen molar-refractivity contribution in [3.05, 3.63) is 0 Å². The number of ether oxygens (including phenoxy) is 1. The molecule has 2 atom stereocenters. The number of hydrogen-bond donors (Lipinski definition) is 0. The van der Waals surface area contributed by atoms with Gasteiger partial charge >= 0.3 is 0 Å². The van der Waals surface area contributed by atoms with Crippen molar-refractivity contribution in [3.63, 3.8) is 0 Å². The van der Waals surface area contributed by atoms with Crippen LogP contribution in [0.1, 0.15) is 19.3 Å². The zero-order valence-electron chi connectivity index (χ0n) is 6.10. The van der Waals surface area contributed by atoms with Crippen LogP contribution in [-0.4, -0.2) is 24.0 Å². The summed E-state index contributed by atoms with van der Waals surface area (Å²) in [6.07, 6.45) is 0.680. The van der Waals surface area contributed by atoms with Crippen molar-refractivity contribution in [1.29, 1.82) is 0 Å². The molecule has 0 spiro atoms. The zero-order valence-corrected chi connectivity index (χ0v) is 7.69. The summed E-state index contributed by atoms with van der Waals surface area (Å²) >= 11 is 3.38. The second kappa shape index (κ2) is 4.36. The van der Waals surface area contributed by atoms with Crippen LogP contribution in [0.15, 0.2) is 0 Å². The molecule has 0 aliphatic heterocycles. The van der Waals surface area contributed by atoms with E-state index in [1.807, 2.05) is 0 Å². The summed E-state index contributed by atoms with van der Waals surface area (Å²) in [5, 5.41) is 0. The minimum atomic E-state index is -2.34. The van der Waals surface area contributed by atoms with Crippen LogP contribution in [0.4, 0.5) is 8.78 Å². The Labute approximate surface area is 73.2 Å². The highest BCUT2D eigenvalue weighted by Gasteiger charge is 2.26. The molecule has 2 unspecified atom stereocenters. The summed E-state index contributed by atoms with van der Waals surface area (Å²) in [7, 11) is 0. The molecule has 1 rings (SSSR count). The van der Waals surface area contributed by atoms with Crippen molar-refractivity contribution in [2.45, 2.75) is 36.6 Å². The molecule has 0 amide bonds. The number of rotatable bonds is 3. The lowest BCUT2D eigenvalue weighted by Crippen LogP contribution is -2.20. The molecule has 1 fully saturated rings. The number of halogens is 3. The standard InChI is InChI=1S/C7H11BrF2O/c8-5-2-1-3-6(5)11-4-7(9)10/h5-7H,1-4H2. The molecule has 11 heavy (non-hydrogen) atoms. The van der Waals surface area contributed by atoms with Crippen LogP contribution in [0.3, 0.4) is 0 Å². The highest BCUT2D eigenvalue weighted by molar-refractivity contribution is 9.09. The largest absolute Gasteiger partial charge is 0.371 e. The van der Waals surface area contributed by atoms with E-state index in [0.717, 1.165) is 19.3 Å². The van der Waals surface area contributed by atoms with Crippen molar-refractivity contribution in [2.75, 3.05) is 6.61 Å². The molecular formula is C7H11BrF2O. The minimum Gasteiger partial charge on any atom is -0.371 e. The average molecular weight is 229 g/mol. The van der Waals surface area contributed by atoms with Gasteiger partial charge in [-0.15, -0.1) is 0 Å². The predicted molar refractivity (Wildman–Crippen MR) is 42.3 cm³/mol. The smallest absolute Gasteiger partial charge is 0.261 e. The highest BCUT2D eigenvalue weighted by Crippen LogP contribution is 2.28. The summed E-state index contributed by atoms with van der Waals surface area (Å²) in [6.45, 7) is -0.424. The summed E-state index contributed by atoms with van der Waals surface area (Å²) in [6, 6.07) is 0. The van der Waals surface area contributed by atoms with E-state index in [4.69, 9.17) is 4.74 Å². The predicted octanol–water partition coefficient (Wildman–Crippen LogP) is 2.58. The van der Waals surface area contributed by atoms with Gasteiger partial charge in [-0.25, -0.2) is 8.78 Å². The fourth-order valence-corrected chi connectivity index (χ4v) is 2.01. The summed E-state index contributed by atoms with van der Waals surface area (Å²) in [5.41, 5.74) is 0. The van der Waals surface area contributed by atoms with Crippen LogP contribution in [-0.2, 0) is 4.74 Å². The lowest BCUT2D eigenvalue weighted by Gasteiger charge is -2.14. The van der Waals surface area contributed by atoms with E-state index < -0.39 is 13.0 Å². The van der Waals surface area contributed by atoms with E-state index in [-0.39, 0.29) is 10.9 Å². The van der Waals surface area contributed by atoms with E-state index in [0.29, 0.717) is 0 Å². The first-order chi connectivity index (χ1) is 5.20. The number of alkyl halides is 3. The second-order valence-corrected chi connectivity index (χ2v) is 3.89. The summed E-state index contributed by atoms with van der Waals surface area (Å²) in [4.78, 5) is 0.279. The molecule has 0 aromatic rings. The third kappa shape index (κ3) is 3.03. The third-order valence-electron chi connectivity index (χ3n) is 1.81. The Morgan fingerprint density at radius 1 is 1.45 bits per heavy atom. The van der Waals surface area contributed by atoms with Gasteiger partial charge in [-0.2, -0.15) is 0 Å². The molecule has 0 radical (unpaired) electrons. The van der Waals surface area contributed by atoms with E-state index >= 15 is 0 Å². The van der Waals surface area contributed by atoms with Crippen LogP contribution >= 0.6 is 15.9 Å². The zero-order chi connectivity index (χ0) is 8.27. The molecule has 0 bridgehead atoms. The molecule has 0 aromatic carbocycles. The molecule has 0 aromatic heterocycles. The van der Waals surface area contributed by atoms with Crippen LogP contribution in [0.2, 0.25) is 0 Å². The molecule has 0 saturated heterocycles. The number of hydrogen-bond acceptors (Lipinski definition) is 1. The monoisotopic (exact) mass is 228 g/mol. The van der Waals surface area contributed by atoms with Gasteiger partial charge in [0.2, 0.25) is 0 Å². The normalized spacial score (nSPS) is 31.6. The Bertz CT molecular complexity index is 121. The Balaban J connectivity index is 2.15. The second-order valence-electron chi connectivity index (χ2n) is 2.71. The van der Waals surface area contributed by atoms with E-state index in [1.54, 1.807) is 0 Å². The van der Waals surface area contributed by atoms with Gasteiger partial charge in [-0.05, 0) is 19.3 Å². The van der Waals surface area contributed by atoms with Gasteiger partial charge in [0, 0.05) is 4.83 Å². The maximum absolute atomic E-state index is 11.7. The first-order valence-corrected chi connectivity index (χ1v) is 4.65. The van der Waals surface area contributed by atoms with E-state index in [9.17, 15) is 8.78 Å². The molecular weight excluding hydrogens is 218 g/mol. The summed E-state index contributed by atoms with van der Waals surface area (Å²) in [5.74, 6) is 0. The topological polar surface area (TPSA) is 9.23 Å². The van der Waals surface area contributed by atoms with Gasteiger partial charge in [-0.1, -0.05) is 15.9 Å². The van der Waals surface area contributed by atoms with Crippen molar-refractivity contribution in [1.82, 2.24) is 0 Å². The highest BCUT2D eigenvalue weighted by atomic mass is 79.9. The Hall–Kier alpha value is 0.300. The van der Waals surface area contributed by atoms with E-state index in [2.05, 4.69) is 15.9 Å². The first kappa shape index (κ1) is 9.39. The molecule has 4 heteroatoms. The van der Waals surface area contributed by atoms with E-state index in [1.165, 1.54) is 0 Å². The third-order valence-corrected chi connectivity index (χ3v) is 2.86. The molecule has 1 aliphatic carbocycles. The molecule has 66 valence electrons. The fourth-order valence-electron chi connectivity index (χ4n) is 1.26. The quantitative estimate of drug-likeness (QED) is 0.676. The van der Waals surface area contributed by atoms with Gasteiger partial charge in [0.25, 0.3) is 6.43 Å². The van der Waals surface area contributed by atoms with Crippen molar-refractivity contribution in [3.8, 4) is 0 Å². The maximum Gasteiger partial charge on any atom is 0.261 e. The lowest BCUT2D eigenvalue weighted by atomic mass is 10.3. The van der Waals surface area contributed by atoms with Gasteiger partial charge in [0.15, 0.2) is 0 Å². The first-order valence-electron chi connectivity index (χ1n) is 3.74. The summed E-state index contributed by atoms with van der Waals surface area (Å²) < 4.78 is 28.3. The average Bonchev–Trinajstić information content (AvgIpc) is 2.31. The van der Waals surface area contributed by atoms with Gasteiger partial charge in [0.1, 0.15) is 6.61 Å².